The van der Waals surface area contributed by atoms with E-state index in [1.54, 1.807) is 6.26 Å². The molecule has 1 aromatic rings. The quantitative estimate of drug-likeness (QED) is 0.891. The molecule has 4 heteroatoms. The zero-order valence-corrected chi connectivity index (χ0v) is 11.7. The Morgan fingerprint density at radius 1 is 1.50 bits per heavy atom. The summed E-state index contributed by atoms with van der Waals surface area (Å²) >= 11 is 0. The van der Waals surface area contributed by atoms with Gasteiger partial charge >= 0.3 is 0 Å². The highest BCUT2D eigenvalue weighted by Gasteiger charge is 2.26. The average molecular weight is 251 g/mol. The standard InChI is InChI=1S/C14H25N3O/c1-10(2)17-6-4-5-12(8-17)14-16-13(9-18-14)7-11(3)15/h9-12H,4-8,15H2,1-3H3. The lowest BCUT2D eigenvalue weighted by molar-refractivity contribution is 0.157. The van der Waals surface area contributed by atoms with E-state index in [1.807, 2.05) is 6.92 Å². The van der Waals surface area contributed by atoms with E-state index in [2.05, 4.69) is 23.7 Å². The maximum absolute atomic E-state index is 5.78. The van der Waals surface area contributed by atoms with Crippen LogP contribution in [0.2, 0.25) is 0 Å². The third-order valence-electron chi connectivity index (χ3n) is 3.63. The number of rotatable bonds is 4. The van der Waals surface area contributed by atoms with Crippen molar-refractivity contribution in [2.75, 3.05) is 13.1 Å². The molecule has 1 fully saturated rings. The fourth-order valence-electron chi connectivity index (χ4n) is 2.61. The number of hydrogen-bond donors (Lipinski definition) is 1. The van der Waals surface area contributed by atoms with Crippen LogP contribution in [0.1, 0.15) is 51.1 Å². The fraction of sp³-hybridized carbons (Fsp3) is 0.786. The van der Waals surface area contributed by atoms with Gasteiger partial charge in [0.1, 0.15) is 6.26 Å². The SMILES string of the molecule is CC(N)Cc1coc(C2CCCN(C(C)C)C2)n1. The van der Waals surface area contributed by atoms with Crippen LogP contribution in [0.3, 0.4) is 0 Å². The summed E-state index contributed by atoms with van der Waals surface area (Å²) in [5.41, 5.74) is 6.77. The first kappa shape index (κ1) is 13.6. The van der Waals surface area contributed by atoms with Gasteiger partial charge in [-0.2, -0.15) is 0 Å². The molecule has 0 radical (unpaired) electrons. The number of hydrogen-bond acceptors (Lipinski definition) is 4. The Labute approximate surface area is 110 Å². The van der Waals surface area contributed by atoms with Crippen molar-refractivity contribution in [2.45, 2.75) is 58.0 Å². The molecule has 2 rings (SSSR count). The number of piperidine rings is 1. The van der Waals surface area contributed by atoms with Crippen LogP contribution in [-0.4, -0.2) is 35.1 Å². The molecule has 102 valence electrons. The van der Waals surface area contributed by atoms with Gasteiger partial charge in [0.05, 0.1) is 5.69 Å². The van der Waals surface area contributed by atoms with Gasteiger partial charge in [-0.05, 0) is 40.2 Å². The maximum Gasteiger partial charge on any atom is 0.198 e. The van der Waals surface area contributed by atoms with E-state index in [1.165, 1.54) is 19.4 Å². The van der Waals surface area contributed by atoms with E-state index in [0.29, 0.717) is 12.0 Å². The van der Waals surface area contributed by atoms with Crippen LogP contribution >= 0.6 is 0 Å². The van der Waals surface area contributed by atoms with Crippen LogP contribution < -0.4 is 5.73 Å². The lowest BCUT2D eigenvalue weighted by Gasteiger charge is -2.34. The van der Waals surface area contributed by atoms with Gasteiger partial charge in [0.2, 0.25) is 0 Å². The van der Waals surface area contributed by atoms with E-state index in [9.17, 15) is 0 Å². The Morgan fingerprint density at radius 3 is 2.94 bits per heavy atom. The Kier molecular flexibility index (Phi) is 4.40. The molecule has 2 unspecified atom stereocenters. The molecule has 18 heavy (non-hydrogen) atoms. The summed E-state index contributed by atoms with van der Waals surface area (Å²) in [6.07, 6.45) is 4.98. The summed E-state index contributed by atoms with van der Waals surface area (Å²) in [6.45, 7) is 8.76. The zero-order chi connectivity index (χ0) is 13.1. The number of likely N-dealkylation sites (tertiary alicyclic amines) is 1. The number of nitrogens with zero attached hydrogens (tertiary/aromatic N) is 2. The van der Waals surface area contributed by atoms with E-state index in [0.717, 1.165) is 24.6 Å². The first-order chi connectivity index (χ1) is 8.56. The summed E-state index contributed by atoms with van der Waals surface area (Å²) in [7, 11) is 0. The van der Waals surface area contributed by atoms with Crippen molar-refractivity contribution in [2.24, 2.45) is 5.73 Å². The van der Waals surface area contributed by atoms with E-state index < -0.39 is 0 Å². The van der Waals surface area contributed by atoms with Crippen molar-refractivity contribution in [3.05, 3.63) is 17.8 Å². The molecule has 0 saturated carbocycles. The van der Waals surface area contributed by atoms with Crippen LogP contribution in [0.25, 0.3) is 0 Å². The Balaban J connectivity index is 2.00. The minimum absolute atomic E-state index is 0.140. The highest BCUT2D eigenvalue weighted by molar-refractivity contribution is 5.04. The van der Waals surface area contributed by atoms with Crippen LogP contribution in [0.4, 0.5) is 0 Å². The predicted molar refractivity (Wildman–Crippen MR) is 72.5 cm³/mol. The third kappa shape index (κ3) is 3.33. The molecule has 1 aliphatic rings. The molecule has 0 amide bonds. The Hall–Kier alpha value is -0.870. The zero-order valence-electron chi connectivity index (χ0n) is 11.7. The molecule has 1 aliphatic heterocycles. The van der Waals surface area contributed by atoms with Crippen molar-refractivity contribution in [3.8, 4) is 0 Å². The van der Waals surface area contributed by atoms with Gasteiger partial charge < -0.3 is 15.1 Å². The van der Waals surface area contributed by atoms with Gasteiger partial charge in [0.25, 0.3) is 0 Å². The van der Waals surface area contributed by atoms with Crippen LogP contribution in [0.5, 0.6) is 0 Å². The molecule has 1 aromatic heterocycles. The first-order valence-electron chi connectivity index (χ1n) is 7.00. The molecule has 0 bridgehead atoms. The van der Waals surface area contributed by atoms with Gasteiger partial charge in [0, 0.05) is 31.0 Å². The summed E-state index contributed by atoms with van der Waals surface area (Å²) in [6, 6.07) is 0.743. The molecule has 1 saturated heterocycles. The van der Waals surface area contributed by atoms with Gasteiger partial charge in [0.15, 0.2) is 5.89 Å². The second-order valence-corrected chi connectivity index (χ2v) is 5.79. The van der Waals surface area contributed by atoms with Crippen molar-refractivity contribution in [1.82, 2.24) is 9.88 Å². The minimum Gasteiger partial charge on any atom is -0.448 e. The molecule has 0 spiro atoms. The molecular formula is C14H25N3O. The van der Waals surface area contributed by atoms with Crippen molar-refractivity contribution >= 4 is 0 Å². The molecule has 0 aliphatic carbocycles. The fourth-order valence-corrected chi connectivity index (χ4v) is 2.61. The maximum atomic E-state index is 5.78. The second kappa shape index (κ2) is 5.85. The summed E-state index contributed by atoms with van der Waals surface area (Å²) < 4.78 is 5.64. The van der Waals surface area contributed by atoms with Crippen LogP contribution in [-0.2, 0) is 6.42 Å². The third-order valence-corrected chi connectivity index (χ3v) is 3.63. The van der Waals surface area contributed by atoms with Crippen molar-refractivity contribution < 1.29 is 4.42 Å². The highest BCUT2D eigenvalue weighted by atomic mass is 16.3. The van der Waals surface area contributed by atoms with Crippen molar-refractivity contribution in [1.29, 1.82) is 0 Å². The van der Waals surface area contributed by atoms with E-state index >= 15 is 0 Å². The van der Waals surface area contributed by atoms with Crippen LogP contribution in [0, 0.1) is 0 Å². The summed E-state index contributed by atoms with van der Waals surface area (Å²) in [5, 5.41) is 0. The topological polar surface area (TPSA) is 55.3 Å². The second-order valence-electron chi connectivity index (χ2n) is 5.79. The summed E-state index contributed by atoms with van der Waals surface area (Å²) in [4.78, 5) is 7.10. The van der Waals surface area contributed by atoms with Gasteiger partial charge in [-0.1, -0.05) is 0 Å². The van der Waals surface area contributed by atoms with E-state index in [-0.39, 0.29) is 6.04 Å². The minimum atomic E-state index is 0.140. The monoisotopic (exact) mass is 251 g/mol. The molecular weight excluding hydrogens is 226 g/mol. The van der Waals surface area contributed by atoms with Gasteiger partial charge in [-0.3, -0.25) is 0 Å². The van der Waals surface area contributed by atoms with E-state index in [4.69, 9.17) is 10.2 Å². The lowest BCUT2D eigenvalue weighted by Crippen LogP contribution is -2.39. The van der Waals surface area contributed by atoms with Crippen molar-refractivity contribution in [3.63, 3.8) is 0 Å². The van der Waals surface area contributed by atoms with Crippen LogP contribution in [0.15, 0.2) is 10.7 Å². The predicted octanol–water partition coefficient (Wildman–Crippen LogP) is 2.15. The largest absolute Gasteiger partial charge is 0.448 e. The molecule has 2 atom stereocenters. The van der Waals surface area contributed by atoms with Gasteiger partial charge in [-0.25, -0.2) is 4.98 Å². The smallest absolute Gasteiger partial charge is 0.198 e. The summed E-state index contributed by atoms with van der Waals surface area (Å²) in [5.74, 6) is 1.35. The Bertz CT molecular complexity index is 373. The molecule has 4 nitrogen and oxygen atoms in total. The normalized spacial score (nSPS) is 23.5. The number of oxazole rings is 1. The first-order valence-corrected chi connectivity index (χ1v) is 7.00. The molecule has 0 aromatic carbocycles. The molecule has 2 heterocycles. The Morgan fingerprint density at radius 2 is 2.28 bits per heavy atom. The highest BCUT2D eigenvalue weighted by Crippen LogP contribution is 2.27. The average Bonchev–Trinajstić information content (AvgIpc) is 2.77. The molecule has 2 N–H and O–H groups in total. The lowest BCUT2D eigenvalue weighted by atomic mass is 9.97. The number of aromatic nitrogens is 1. The van der Waals surface area contributed by atoms with Gasteiger partial charge in [-0.15, -0.1) is 0 Å². The number of nitrogens with two attached hydrogens (primary N) is 1.